The maximum absolute atomic E-state index is 12.9. The number of hydrogen-bond acceptors (Lipinski definition) is 4. The Kier molecular flexibility index (Phi) is 14.5. The summed E-state index contributed by atoms with van der Waals surface area (Å²) in [4.78, 5) is 25.2. The van der Waals surface area contributed by atoms with Crippen LogP contribution in [0.15, 0.2) is 59.6 Å². The Morgan fingerprint density at radius 2 is 1.55 bits per heavy atom. The Morgan fingerprint density at radius 1 is 0.875 bits per heavy atom. The molecule has 6 heteroatoms. The minimum atomic E-state index is -0.109. The van der Waals surface area contributed by atoms with Gasteiger partial charge in [0.25, 0.3) is 0 Å². The summed E-state index contributed by atoms with van der Waals surface area (Å²) in [5, 5.41) is 5.08. The first kappa shape index (κ1) is 31.5. The molecule has 3 rings (SSSR count). The van der Waals surface area contributed by atoms with Crippen LogP contribution in [-0.4, -0.2) is 18.3 Å². The summed E-state index contributed by atoms with van der Waals surface area (Å²) in [6, 6.07) is 13.4. The molecule has 0 fully saturated rings. The summed E-state index contributed by atoms with van der Waals surface area (Å²) in [7, 11) is 0. The molecule has 0 saturated carbocycles. The lowest BCUT2D eigenvalue weighted by molar-refractivity contribution is -0.683. The zero-order valence-electron chi connectivity index (χ0n) is 24.5. The van der Waals surface area contributed by atoms with Crippen LogP contribution < -0.4 is 14.6 Å². The molecule has 0 radical (unpaired) electrons. The molecule has 1 N–H and O–H groups in total. The largest absolute Gasteiger partial charge is 0.493 e. The summed E-state index contributed by atoms with van der Waals surface area (Å²) in [6.07, 6.45) is 17.8. The number of unbranched alkanes of at least 4 members (excludes halogenated alkanes) is 11. The third kappa shape index (κ3) is 11.6. The molecule has 0 aliphatic rings. The third-order valence-electron chi connectivity index (χ3n) is 7.21. The first-order valence-electron chi connectivity index (χ1n) is 15.1. The Balaban J connectivity index is 1.39. The fraction of sp³-hybridized carbons (Fsp3) is 0.500. The average molecular weight is 564 g/mol. The molecule has 0 unspecified atom stereocenters. The molecular weight excluding hydrogens is 516 g/mol. The minimum absolute atomic E-state index is 0.0508. The number of aromatic nitrogens is 1. The number of ketones is 1. The number of anilines is 1. The number of thiazole rings is 1. The highest BCUT2D eigenvalue weighted by Gasteiger charge is 2.14. The fourth-order valence-corrected chi connectivity index (χ4v) is 5.52. The number of hydrogen-bond donors (Lipinski definition) is 1. The van der Waals surface area contributed by atoms with Crippen molar-refractivity contribution >= 4 is 28.7 Å². The summed E-state index contributed by atoms with van der Waals surface area (Å²) >= 11 is 1.64. The van der Waals surface area contributed by atoms with Gasteiger partial charge in [0.15, 0.2) is 18.5 Å². The van der Waals surface area contributed by atoms with Crippen molar-refractivity contribution in [3.8, 4) is 5.75 Å². The van der Waals surface area contributed by atoms with Crippen molar-refractivity contribution in [1.82, 2.24) is 0 Å². The SMILES string of the molecule is CCCCCCCCCCCCCCOc1ccc(CC(=O)Nc2ccccc2C[n+]2ccsc2)cc1C(C)=O. The van der Waals surface area contributed by atoms with Gasteiger partial charge in [0.05, 0.1) is 29.7 Å². The van der Waals surface area contributed by atoms with Gasteiger partial charge < -0.3 is 10.1 Å². The molecule has 0 aliphatic heterocycles. The van der Waals surface area contributed by atoms with Gasteiger partial charge in [0.1, 0.15) is 5.75 Å². The minimum Gasteiger partial charge on any atom is -0.493 e. The second-order valence-corrected chi connectivity index (χ2v) is 11.5. The second-order valence-electron chi connectivity index (χ2n) is 10.7. The number of rotatable bonds is 20. The van der Waals surface area contributed by atoms with Crippen molar-refractivity contribution in [1.29, 1.82) is 0 Å². The van der Waals surface area contributed by atoms with E-state index in [1.54, 1.807) is 24.3 Å². The van der Waals surface area contributed by atoms with E-state index in [2.05, 4.69) is 16.8 Å². The van der Waals surface area contributed by atoms with Crippen LogP contribution >= 0.6 is 11.3 Å². The number of nitrogens with zero attached hydrogens (tertiary/aromatic N) is 1. The van der Waals surface area contributed by atoms with E-state index in [1.807, 2.05) is 53.5 Å². The maximum atomic E-state index is 12.9. The highest BCUT2D eigenvalue weighted by Crippen LogP contribution is 2.23. The predicted octanol–water partition coefficient (Wildman–Crippen LogP) is 8.55. The topological polar surface area (TPSA) is 59.3 Å². The van der Waals surface area contributed by atoms with Crippen molar-refractivity contribution in [2.75, 3.05) is 11.9 Å². The number of para-hydroxylation sites is 1. The number of ether oxygens (including phenoxy) is 1. The Bertz CT molecular complexity index is 1160. The predicted molar refractivity (Wildman–Crippen MR) is 165 cm³/mol. The molecule has 0 aliphatic carbocycles. The van der Waals surface area contributed by atoms with Crippen LogP contribution in [0, 0.1) is 0 Å². The first-order chi connectivity index (χ1) is 19.6. The zero-order valence-corrected chi connectivity index (χ0v) is 25.3. The van der Waals surface area contributed by atoms with Crippen molar-refractivity contribution in [2.24, 2.45) is 0 Å². The van der Waals surface area contributed by atoms with Crippen LogP contribution in [0.5, 0.6) is 5.75 Å². The van der Waals surface area contributed by atoms with Crippen molar-refractivity contribution in [3.63, 3.8) is 0 Å². The van der Waals surface area contributed by atoms with Gasteiger partial charge in [-0.2, -0.15) is 4.57 Å². The zero-order chi connectivity index (χ0) is 28.4. The average Bonchev–Trinajstić information content (AvgIpc) is 3.46. The van der Waals surface area contributed by atoms with E-state index in [1.165, 1.54) is 64.2 Å². The number of Topliss-reactive ketones (excluding diaryl/α,β-unsaturated/α-hetero) is 1. The molecule has 1 heterocycles. The molecule has 0 atom stereocenters. The molecule has 1 amide bonds. The van der Waals surface area contributed by atoms with Crippen LogP contribution in [0.1, 0.15) is 112 Å². The number of amides is 1. The Hall–Kier alpha value is -2.99. The van der Waals surface area contributed by atoms with Gasteiger partial charge in [-0.1, -0.05) is 113 Å². The van der Waals surface area contributed by atoms with E-state index in [0.717, 1.165) is 29.7 Å². The highest BCUT2D eigenvalue weighted by molar-refractivity contribution is 7.07. The number of nitrogens with one attached hydrogen (secondary N) is 1. The molecule has 0 saturated heterocycles. The van der Waals surface area contributed by atoms with Gasteiger partial charge >= 0.3 is 0 Å². The van der Waals surface area contributed by atoms with Gasteiger partial charge in [-0.25, -0.2) is 0 Å². The number of carbonyl (C=O) groups excluding carboxylic acids is 2. The van der Waals surface area contributed by atoms with Gasteiger partial charge in [-0.3, -0.25) is 9.59 Å². The molecule has 0 bridgehead atoms. The second kappa shape index (κ2) is 18.4. The normalized spacial score (nSPS) is 10.9. The van der Waals surface area contributed by atoms with E-state index in [9.17, 15) is 9.59 Å². The van der Waals surface area contributed by atoms with Gasteiger partial charge in [-0.15, -0.1) is 0 Å². The van der Waals surface area contributed by atoms with Gasteiger partial charge in [0.2, 0.25) is 11.4 Å². The van der Waals surface area contributed by atoms with Crippen molar-refractivity contribution < 1.29 is 18.9 Å². The van der Waals surface area contributed by atoms with E-state index in [0.29, 0.717) is 24.5 Å². The van der Waals surface area contributed by atoms with Crippen LogP contribution in [0.2, 0.25) is 0 Å². The van der Waals surface area contributed by atoms with Gasteiger partial charge in [-0.05, 0) is 37.1 Å². The molecule has 2 aromatic carbocycles. The lowest BCUT2D eigenvalue weighted by Crippen LogP contribution is -2.31. The smallest absolute Gasteiger partial charge is 0.228 e. The molecule has 216 valence electrons. The van der Waals surface area contributed by atoms with Crippen LogP contribution in [0.3, 0.4) is 0 Å². The first-order valence-corrected chi connectivity index (χ1v) is 16.1. The van der Waals surface area contributed by atoms with Crippen LogP contribution in [-0.2, 0) is 17.8 Å². The molecule has 3 aromatic rings. The summed E-state index contributed by atoms with van der Waals surface area (Å²) < 4.78 is 8.08. The fourth-order valence-electron chi connectivity index (χ4n) is 4.92. The molecule has 1 aromatic heterocycles. The Labute approximate surface area is 245 Å². The number of carbonyl (C=O) groups is 2. The highest BCUT2D eigenvalue weighted by atomic mass is 32.1. The molecule has 5 nitrogen and oxygen atoms in total. The van der Waals surface area contributed by atoms with Crippen LogP contribution in [0.4, 0.5) is 5.69 Å². The van der Waals surface area contributed by atoms with E-state index in [-0.39, 0.29) is 18.1 Å². The summed E-state index contributed by atoms with van der Waals surface area (Å²) in [5.41, 5.74) is 5.23. The van der Waals surface area contributed by atoms with Crippen LogP contribution in [0.25, 0.3) is 0 Å². The summed E-state index contributed by atoms with van der Waals surface area (Å²) in [5.74, 6) is 0.449. The number of benzene rings is 2. The lowest BCUT2D eigenvalue weighted by atomic mass is 10.0. The van der Waals surface area contributed by atoms with E-state index >= 15 is 0 Å². The molecule has 40 heavy (non-hydrogen) atoms. The quantitative estimate of drug-likeness (QED) is 0.0851. The van der Waals surface area contributed by atoms with Crippen molar-refractivity contribution in [2.45, 2.75) is 104 Å². The van der Waals surface area contributed by atoms with E-state index < -0.39 is 0 Å². The van der Waals surface area contributed by atoms with Gasteiger partial charge in [0, 0.05) is 5.56 Å². The molecular formula is C34H47N2O3S+. The maximum Gasteiger partial charge on any atom is 0.228 e. The lowest BCUT2D eigenvalue weighted by Gasteiger charge is -2.13. The summed E-state index contributed by atoms with van der Waals surface area (Å²) in [6.45, 7) is 5.12. The standard InChI is InChI=1S/C34H46N2O3S/c1-3-4-5-6-7-8-9-10-11-12-13-16-22-39-33-20-19-29(24-31(33)28(2)37)25-34(38)35-32-18-15-14-17-30(32)26-36-21-23-40-27-36/h14-15,17-21,23-24,27H,3-13,16,22,25-26H2,1-2H3/p+1. The van der Waals surface area contributed by atoms with Crippen molar-refractivity contribution in [3.05, 3.63) is 76.2 Å². The molecule has 0 spiro atoms. The Morgan fingerprint density at radius 3 is 2.20 bits per heavy atom. The third-order valence-corrected chi connectivity index (χ3v) is 7.89. The van der Waals surface area contributed by atoms with E-state index in [4.69, 9.17) is 4.74 Å². The monoisotopic (exact) mass is 563 g/mol.